The monoisotopic (exact) mass is 822 g/mol. The van der Waals surface area contributed by atoms with Gasteiger partial charge in [-0.25, -0.2) is 4.98 Å². The topological polar surface area (TPSA) is 61.4 Å². The number of aromatic nitrogens is 6. The summed E-state index contributed by atoms with van der Waals surface area (Å²) in [5.74, 6) is 1.83. The zero-order valence-electron chi connectivity index (χ0n) is 33.7. The lowest BCUT2D eigenvalue weighted by Gasteiger charge is -2.12. The highest BCUT2D eigenvalue weighted by atomic mass is 32.1. The number of benzene rings is 8. The van der Waals surface area contributed by atoms with E-state index in [1.807, 2.05) is 72.9 Å². The highest BCUT2D eigenvalue weighted by Crippen LogP contribution is 2.40. The van der Waals surface area contributed by atoms with Crippen LogP contribution in [-0.4, -0.2) is 29.1 Å². The Morgan fingerprint density at radius 2 is 0.921 bits per heavy atom. The van der Waals surface area contributed by atoms with E-state index in [2.05, 4.69) is 143 Å². The van der Waals surface area contributed by atoms with E-state index in [1.54, 1.807) is 11.3 Å². The van der Waals surface area contributed by atoms with E-state index in [4.69, 9.17) is 19.9 Å². The number of hydrogen-bond donors (Lipinski definition) is 0. The van der Waals surface area contributed by atoms with Crippen LogP contribution in [0.4, 0.5) is 0 Å². The molecule has 0 aliphatic heterocycles. The van der Waals surface area contributed by atoms with Gasteiger partial charge in [-0.05, 0) is 89.0 Å². The summed E-state index contributed by atoms with van der Waals surface area (Å²) < 4.78 is 7.04. The molecule has 5 heterocycles. The first-order chi connectivity index (χ1) is 31.2. The standard InChI is InChI=1S/C56H34N6S/c1-3-13-35(14-4-1)54-58-55(36-15-5-2-6-16-36)60-56(59-54)62-48-22-10-7-19-42(48)44-27-24-40(33-50(44)62)38-18-11-17-37(31-38)39-25-28-49-45(32-39)43-20-8-9-21-47(43)61(49)41-26-29-51-46(34-41)53-52(63-51)23-12-30-57-53/h1-34H. The van der Waals surface area contributed by atoms with Gasteiger partial charge in [-0.3, -0.25) is 9.55 Å². The van der Waals surface area contributed by atoms with Crippen molar-refractivity contribution in [3.8, 4) is 56.7 Å². The highest BCUT2D eigenvalue weighted by molar-refractivity contribution is 7.25. The minimum absolute atomic E-state index is 0.576. The fourth-order valence-electron chi connectivity index (χ4n) is 9.30. The van der Waals surface area contributed by atoms with E-state index >= 15 is 0 Å². The van der Waals surface area contributed by atoms with Crippen molar-refractivity contribution >= 4 is 75.3 Å². The number of thiophene rings is 1. The summed E-state index contributed by atoms with van der Waals surface area (Å²) >= 11 is 1.79. The maximum absolute atomic E-state index is 5.16. The van der Waals surface area contributed by atoms with Crippen molar-refractivity contribution in [2.75, 3.05) is 0 Å². The molecule has 0 aliphatic carbocycles. The summed E-state index contributed by atoms with van der Waals surface area (Å²) in [4.78, 5) is 20.0. The second kappa shape index (κ2) is 14.2. The van der Waals surface area contributed by atoms with Crippen molar-refractivity contribution in [2.45, 2.75) is 0 Å². The third-order valence-corrected chi connectivity index (χ3v) is 13.4. The van der Waals surface area contributed by atoms with Gasteiger partial charge in [0.05, 0.1) is 32.3 Å². The Bertz CT molecular complexity index is 3860. The van der Waals surface area contributed by atoms with Crippen LogP contribution in [0.15, 0.2) is 206 Å². The second-order valence-electron chi connectivity index (χ2n) is 15.9. The number of nitrogens with zero attached hydrogens (tertiary/aromatic N) is 6. The smallest absolute Gasteiger partial charge is 0.238 e. The van der Waals surface area contributed by atoms with E-state index in [1.165, 1.54) is 36.6 Å². The zero-order valence-corrected chi connectivity index (χ0v) is 34.5. The maximum Gasteiger partial charge on any atom is 0.238 e. The van der Waals surface area contributed by atoms with E-state index in [0.29, 0.717) is 17.6 Å². The summed E-state index contributed by atoms with van der Waals surface area (Å²) in [6.07, 6.45) is 1.89. The second-order valence-corrected chi connectivity index (χ2v) is 17.0. The normalized spacial score (nSPS) is 11.8. The predicted molar refractivity (Wildman–Crippen MR) is 261 cm³/mol. The van der Waals surface area contributed by atoms with E-state index in [-0.39, 0.29) is 0 Å². The molecule has 0 N–H and O–H groups in total. The van der Waals surface area contributed by atoms with Crippen molar-refractivity contribution in [3.63, 3.8) is 0 Å². The maximum atomic E-state index is 5.16. The van der Waals surface area contributed by atoms with E-state index in [0.717, 1.165) is 66.4 Å². The largest absolute Gasteiger partial charge is 0.309 e. The molecular weight excluding hydrogens is 789 g/mol. The molecule has 0 amide bonds. The number of para-hydroxylation sites is 2. The quantitative estimate of drug-likeness (QED) is 0.168. The molecular formula is C56H34N6S. The number of pyridine rings is 1. The molecule has 0 unspecified atom stereocenters. The molecule has 0 saturated heterocycles. The van der Waals surface area contributed by atoms with Crippen LogP contribution < -0.4 is 0 Å². The van der Waals surface area contributed by atoms with Gasteiger partial charge in [0.2, 0.25) is 5.95 Å². The Balaban J connectivity index is 0.942. The Morgan fingerprint density at radius 1 is 0.333 bits per heavy atom. The van der Waals surface area contributed by atoms with Crippen LogP contribution in [0.3, 0.4) is 0 Å². The predicted octanol–water partition coefficient (Wildman–Crippen LogP) is 14.5. The lowest BCUT2D eigenvalue weighted by molar-refractivity contribution is 0.953. The van der Waals surface area contributed by atoms with Crippen molar-refractivity contribution in [2.24, 2.45) is 0 Å². The molecule has 5 aromatic heterocycles. The van der Waals surface area contributed by atoms with Crippen LogP contribution in [-0.2, 0) is 0 Å². The number of hydrogen-bond acceptors (Lipinski definition) is 5. The molecule has 0 fully saturated rings. The summed E-state index contributed by atoms with van der Waals surface area (Å²) in [7, 11) is 0. The molecule has 0 aliphatic rings. The Hall–Kier alpha value is -8.26. The lowest BCUT2D eigenvalue weighted by Crippen LogP contribution is -2.06. The van der Waals surface area contributed by atoms with Gasteiger partial charge in [-0.15, -0.1) is 11.3 Å². The molecule has 0 saturated carbocycles. The number of rotatable bonds is 6. The first kappa shape index (κ1) is 35.5. The first-order valence-corrected chi connectivity index (χ1v) is 21.9. The fraction of sp³-hybridized carbons (Fsp3) is 0. The van der Waals surface area contributed by atoms with Crippen LogP contribution in [0.2, 0.25) is 0 Å². The van der Waals surface area contributed by atoms with Crippen LogP contribution in [0.25, 0.3) is 121 Å². The third kappa shape index (κ3) is 5.78. The van der Waals surface area contributed by atoms with Crippen LogP contribution >= 0.6 is 11.3 Å². The van der Waals surface area contributed by atoms with Gasteiger partial charge in [-0.1, -0.05) is 133 Å². The van der Waals surface area contributed by atoms with Gasteiger partial charge in [0.25, 0.3) is 0 Å². The molecule has 7 heteroatoms. The van der Waals surface area contributed by atoms with Crippen molar-refractivity contribution in [1.82, 2.24) is 29.1 Å². The van der Waals surface area contributed by atoms with E-state index in [9.17, 15) is 0 Å². The molecule has 8 aromatic carbocycles. The van der Waals surface area contributed by atoms with Gasteiger partial charge in [0.1, 0.15) is 0 Å². The van der Waals surface area contributed by atoms with Crippen molar-refractivity contribution in [1.29, 1.82) is 0 Å². The average molecular weight is 823 g/mol. The zero-order chi connectivity index (χ0) is 41.4. The Kier molecular flexibility index (Phi) is 7.98. The molecule has 13 aromatic rings. The van der Waals surface area contributed by atoms with Crippen LogP contribution in [0.5, 0.6) is 0 Å². The SMILES string of the molecule is c1ccc(-c2nc(-c3ccccc3)nc(-n3c4ccccc4c4ccc(-c5cccc(-c6ccc7c(c6)c6ccccc6n7-c6ccc7sc8cccnc8c7c6)c5)cc43)n2)cc1. The minimum Gasteiger partial charge on any atom is -0.309 e. The molecule has 6 nitrogen and oxygen atoms in total. The molecule has 63 heavy (non-hydrogen) atoms. The molecule has 294 valence electrons. The molecule has 0 spiro atoms. The summed E-state index contributed by atoms with van der Waals surface area (Å²) in [5.41, 5.74) is 13.0. The summed E-state index contributed by atoms with van der Waals surface area (Å²) in [6.45, 7) is 0. The van der Waals surface area contributed by atoms with E-state index < -0.39 is 0 Å². The van der Waals surface area contributed by atoms with Gasteiger partial charge >= 0.3 is 0 Å². The minimum atomic E-state index is 0.576. The number of fused-ring (bicyclic) bond motifs is 9. The highest BCUT2D eigenvalue weighted by Gasteiger charge is 2.20. The Morgan fingerprint density at radius 3 is 1.67 bits per heavy atom. The van der Waals surface area contributed by atoms with Crippen molar-refractivity contribution < 1.29 is 0 Å². The van der Waals surface area contributed by atoms with Gasteiger partial charge in [-0.2, -0.15) is 9.97 Å². The third-order valence-electron chi connectivity index (χ3n) is 12.2. The average Bonchev–Trinajstić information content (AvgIpc) is 4.01. The van der Waals surface area contributed by atoms with Crippen molar-refractivity contribution in [3.05, 3.63) is 206 Å². The van der Waals surface area contributed by atoms with Gasteiger partial charge < -0.3 is 4.57 Å². The Labute approximate surface area is 365 Å². The summed E-state index contributed by atoms with van der Waals surface area (Å²) in [5, 5.41) is 5.91. The molecule has 0 atom stereocenters. The van der Waals surface area contributed by atoms with Gasteiger partial charge in [0.15, 0.2) is 11.6 Å². The fourth-order valence-corrected chi connectivity index (χ4v) is 10.3. The lowest BCUT2D eigenvalue weighted by atomic mass is 9.97. The van der Waals surface area contributed by atoms with Crippen LogP contribution in [0, 0.1) is 0 Å². The molecule has 13 rings (SSSR count). The molecule has 0 bridgehead atoms. The summed E-state index contributed by atoms with van der Waals surface area (Å²) in [6, 6.07) is 71.0. The van der Waals surface area contributed by atoms with Crippen LogP contribution in [0.1, 0.15) is 0 Å². The first-order valence-electron chi connectivity index (χ1n) is 21.0. The van der Waals surface area contributed by atoms with Gasteiger partial charge in [0, 0.05) is 54.6 Å². The molecule has 0 radical (unpaired) electrons.